The first-order valence-corrected chi connectivity index (χ1v) is 5.21. The Hall–Kier alpha value is -0.330. The number of Topliss-reactive ketones (excluding diaryl/α,β-unsaturated/α-hetero) is 1. The predicted molar refractivity (Wildman–Crippen MR) is 57.7 cm³/mol. The van der Waals surface area contributed by atoms with Gasteiger partial charge in [0.1, 0.15) is 5.78 Å². The first-order valence-electron chi connectivity index (χ1n) is 5.21. The van der Waals surface area contributed by atoms with Gasteiger partial charge in [-0.2, -0.15) is 0 Å². The normalized spacial score (nSPS) is 13.5. The summed E-state index contributed by atoms with van der Waals surface area (Å²) in [5.74, 6) is 0.514. The van der Waals surface area contributed by atoms with Gasteiger partial charge in [0, 0.05) is 11.3 Å². The lowest BCUT2D eigenvalue weighted by Gasteiger charge is -2.41. The fraction of sp³-hybridized carbons (Fsp3) is 0.917. The summed E-state index contributed by atoms with van der Waals surface area (Å²) in [6.07, 6.45) is 1.04. The maximum absolute atomic E-state index is 12.0. The zero-order valence-corrected chi connectivity index (χ0v) is 10.2. The van der Waals surface area contributed by atoms with E-state index in [4.69, 9.17) is 0 Å². The van der Waals surface area contributed by atoms with E-state index in [0.717, 1.165) is 6.42 Å². The molecule has 0 rings (SSSR count). The van der Waals surface area contributed by atoms with Gasteiger partial charge >= 0.3 is 0 Å². The third-order valence-corrected chi connectivity index (χ3v) is 3.72. The Morgan fingerprint density at radius 3 is 1.77 bits per heavy atom. The molecule has 0 heterocycles. The van der Waals surface area contributed by atoms with Crippen molar-refractivity contribution in [3.05, 3.63) is 0 Å². The zero-order valence-electron chi connectivity index (χ0n) is 10.2. The molecule has 0 aliphatic heterocycles. The molecule has 0 fully saturated rings. The molecular weight excluding hydrogens is 160 g/mol. The van der Waals surface area contributed by atoms with Crippen LogP contribution >= 0.6 is 0 Å². The van der Waals surface area contributed by atoms with E-state index >= 15 is 0 Å². The lowest BCUT2D eigenvalue weighted by atomic mass is 9.62. The minimum atomic E-state index is -0.212. The number of carbonyl (C=O) groups is 1. The SMILES string of the molecule is CCC(C)(C)C(C)(C)C(=O)C(C)C. The molecule has 0 saturated carbocycles. The van der Waals surface area contributed by atoms with Crippen molar-refractivity contribution in [3.63, 3.8) is 0 Å². The van der Waals surface area contributed by atoms with Crippen LogP contribution in [0.4, 0.5) is 0 Å². The quantitative estimate of drug-likeness (QED) is 0.651. The molecular formula is C12H24O. The molecule has 0 amide bonds. The van der Waals surface area contributed by atoms with Gasteiger partial charge in [0.2, 0.25) is 0 Å². The first kappa shape index (κ1) is 12.7. The van der Waals surface area contributed by atoms with Crippen LogP contribution in [0.2, 0.25) is 0 Å². The number of rotatable bonds is 4. The maximum atomic E-state index is 12.0. The van der Waals surface area contributed by atoms with Crippen LogP contribution in [0.5, 0.6) is 0 Å². The third kappa shape index (κ3) is 2.32. The summed E-state index contributed by atoms with van der Waals surface area (Å²) in [7, 11) is 0. The molecule has 13 heavy (non-hydrogen) atoms. The van der Waals surface area contributed by atoms with Crippen LogP contribution in [0.25, 0.3) is 0 Å². The largest absolute Gasteiger partial charge is 0.299 e. The van der Waals surface area contributed by atoms with E-state index in [1.54, 1.807) is 0 Å². The molecule has 0 aromatic carbocycles. The van der Waals surface area contributed by atoms with Gasteiger partial charge in [-0.1, -0.05) is 54.9 Å². The van der Waals surface area contributed by atoms with Crippen molar-refractivity contribution in [3.8, 4) is 0 Å². The monoisotopic (exact) mass is 184 g/mol. The van der Waals surface area contributed by atoms with Crippen LogP contribution < -0.4 is 0 Å². The van der Waals surface area contributed by atoms with E-state index in [1.807, 2.05) is 13.8 Å². The topological polar surface area (TPSA) is 17.1 Å². The van der Waals surface area contributed by atoms with Crippen LogP contribution in [-0.2, 0) is 4.79 Å². The molecule has 0 aromatic heterocycles. The molecule has 0 radical (unpaired) electrons. The van der Waals surface area contributed by atoms with Gasteiger partial charge in [0.05, 0.1) is 0 Å². The van der Waals surface area contributed by atoms with Crippen molar-refractivity contribution in [2.45, 2.75) is 54.9 Å². The summed E-state index contributed by atoms with van der Waals surface area (Å²) >= 11 is 0. The lowest BCUT2D eigenvalue weighted by molar-refractivity contribution is -0.136. The molecule has 0 bridgehead atoms. The smallest absolute Gasteiger partial charge is 0.141 e. The Balaban J connectivity index is 4.85. The molecule has 78 valence electrons. The number of ketones is 1. The summed E-state index contributed by atoms with van der Waals surface area (Å²) in [5, 5.41) is 0. The van der Waals surface area contributed by atoms with Gasteiger partial charge < -0.3 is 0 Å². The van der Waals surface area contributed by atoms with E-state index in [9.17, 15) is 4.79 Å². The van der Waals surface area contributed by atoms with Crippen molar-refractivity contribution in [2.24, 2.45) is 16.7 Å². The minimum Gasteiger partial charge on any atom is -0.299 e. The van der Waals surface area contributed by atoms with Gasteiger partial charge in [0.15, 0.2) is 0 Å². The molecule has 0 spiro atoms. The van der Waals surface area contributed by atoms with Gasteiger partial charge in [-0.25, -0.2) is 0 Å². The number of hydrogen-bond donors (Lipinski definition) is 0. The van der Waals surface area contributed by atoms with Crippen LogP contribution in [0.3, 0.4) is 0 Å². The Bertz CT molecular complexity index is 187. The molecule has 1 nitrogen and oxygen atoms in total. The van der Waals surface area contributed by atoms with E-state index in [0.29, 0.717) is 5.78 Å². The number of hydrogen-bond acceptors (Lipinski definition) is 1. The highest BCUT2D eigenvalue weighted by Gasteiger charge is 2.42. The van der Waals surface area contributed by atoms with Crippen LogP contribution in [0.1, 0.15) is 54.9 Å². The summed E-state index contributed by atoms with van der Waals surface area (Å²) in [4.78, 5) is 12.0. The first-order chi connectivity index (χ1) is 5.66. The molecule has 0 unspecified atom stereocenters. The third-order valence-electron chi connectivity index (χ3n) is 3.72. The molecule has 0 saturated heterocycles. The van der Waals surface area contributed by atoms with Crippen LogP contribution in [0, 0.1) is 16.7 Å². The average molecular weight is 184 g/mol. The molecule has 0 aliphatic carbocycles. The average Bonchev–Trinajstić information content (AvgIpc) is 2.02. The second-order valence-corrected chi connectivity index (χ2v) is 5.38. The van der Waals surface area contributed by atoms with Crippen LogP contribution in [0.15, 0.2) is 0 Å². The summed E-state index contributed by atoms with van der Waals surface area (Å²) in [6.45, 7) is 14.6. The fourth-order valence-corrected chi connectivity index (χ4v) is 1.50. The van der Waals surface area contributed by atoms with Gasteiger partial charge in [0.25, 0.3) is 0 Å². The fourth-order valence-electron chi connectivity index (χ4n) is 1.50. The molecule has 0 aliphatic rings. The Morgan fingerprint density at radius 2 is 1.54 bits per heavy atom. The Labute approximate surface area is 82.9 Å². The van der Waals surface area contributed by atoms with Crippen molar-refractivity contribution in [1.29, 1.82) is 0 Å². The summed E-state index contributed by atoms with van der Waals surface area (Å²) in [5.41, 5.74) is -0.121. The molecule has 0 atom stereocenters. The molecule has 0 N–H and O–H groups in total. The van der Waals surface area contributed by atoms with E-state index < -0.39 is 0 Å². The van der Waals surface area contributed by atoms with Crippen molar-refractivity contribution in [2.75, 3.05) is 0 Å². The van der Waals surface area contributed by atoms with Crippen molar-refractivity contribution >= 4 is 5.78 Å². The minimum absolute atomic E-state index is 0.0916. The van der Waals surface area contributed by atoms with E-state index in [1.165, 1.54) is 0 Å². The summed E-state index contributed by atoms with van der Waals surface area (Å²) in [6, 6.07) is 0. The molecule has 0 aromatic rings. The van der Waals surface area contributed by atoms with Crippen molar-refractivity contribution < 1.29 is 4.79 Å². The number of carbonyl (C=O) groups excluding carboxylic acids is 1. The van der Waals surface area contributed by atoms with E-state index in [2.05, 4.69) is 34.6 Å². The Morgan fingerprint density at radius 1 is 1.15 bits per heavy atom. The van der Waals surface area contributed by atoms with Gasteiger partial charge in [-0.3, -0.25) is 4.79 Å². The van der Waals surface area contributed by atoms with Crippen LogP contribution in [-0.4, -0.2) is 5.78 Å². The maximum Gasteiger partial charge on any atom is 0.141 e. The second-order valence-electron chi connectivity index (χ2n) is 5.38. The van der Waals surface area contributed by atoms with Gasteiger partial charge in [-0.15, -0.1) is 0 Å². The Kier molecular flexibility index (Phi) is 3.71. The van der Waals surface area contributed by atoms with Gasteiger partial charge in [-0.05, 0) is 5.41 Å². The van der Waals surface area contributed by atoms with Crippen molar-refractivity contribution in [1.82, 2.24) is 0 Å². The zero-order chi connectivity index (χ0) is 10.9. The highest BCUT2D eigenvalue weighted by molar-refractivity contribution is 5.86. The lowest BCUT2D eigenvalue weighted by Crippen LogP contribution is -2.41. The second kappa shape index (κ2) is 3.81. The highest BCUT2D eigenvalue weighted by Crippen LogP contribution is 2.43. The standard InChI is InChI=1S/C12H24O/c1-8-11(4,5)12(6,7)10(13)9(2)3/h9H,8H2,1-7H3. The van der Waals surface area contributed by atoms with E-state index in [-0.39, 0.29) is 16.7 Å². The molecule has 1 heteroatoms. The highest BCUT2D eigenvalue weighted by atomic mass is 16.1. The summed E-state index contributed by atoms with van der Waals surface area (Å²) < 4.78 is 0. The predicted octanol–water partition coefficient (Wildman–Crippen LogP) is 3.67.